The van der Waals surface area contributed by atoms with Gasteiger partial charge < -0.3 is 19.3 Å². The lowest BCUT2D eigenvalue weighted by molar-refractivity contribution is 0.0481. The molecule has 0 saturated carbocycles. The van der Waals surface area contributed by atoms with E-state index in [1.807, 2.05) is 0 Å². The molecule has 0 aliphatic heterocycles. The van der Waals surface area contributed by atoms with Crippen molar-refractivity contribution in [1.29, 1.82) is 0 Å². The Hall–Kier alpha value is -1.92. The molecule has 6 heteroatoms. The predicted octanol–water partition coefficient (Wildman–Crippen LogP) is 5.80. The summed E-state index contributed by atoms with van der Waals surface area (Å²) in [6.45, 7) is 9.55. The molecular weight excluding hydrogens is 428 g/mol. The summed E-state index contributed by atoms with van der Waals surface area (Å²) in [5.74, 6) is -0.696. The number of ether oxygens (including phenoxy) is 2. The van der Waals surface area contributed by atoms with Gasteiger partial charge >= 0.3 is 11.9 Å². The van der Waals surface area contributed by atoms with Gasteiger partial charge in [0, 0.05) is 0 Å². The number of nitrogens with zero attached hydrogens (tertiary/aromatic N) is 2. The number of esters is 2. The minimum absolute atomic E-state index is 0.348. The third-order valence-electron chi connectivity index (χ3n) is 5.98. The lowest BCUT2D eigenvalue weighted by Gasteiger charge is -2.16. The van der Waals surface area contributed by atoms with Crippen LogP contribution in [0, 0.1) is 0 Å². The molecule has 1 rings (SSSR count). The molecule has 0 fully saturated rings. The van der Waals surface area contributed by atoms with Crippen LogP contribution in [0.4, 0.5) is 0 Å². The number of unbranched alkanes of at least 4 members (excludes halogenated alkanes) is 6. The number of rotatable bonds is 20. The quantitative estimate of drug-likeness (QED) is 0.175. The van der Waals surface area contributed by atoms with E-state index in [9.17, 15) is 9.59 Å². The van der Waals surface area contributed by atoms with E-state index in [4.69, 9.17) is 9.47 Å². The molecule has 0 unspecified atom stereocenters. The van der Waals surface area contributed by atoms with Crippen molar-refractivity contribution in [3.05, 3.63) is 35.4 Å². The van der Waals surface area contributed by atoms with Gasteiger partial charge in [0.25, 0.3) is 0 Å². The predicted molar refractivity (Wildman–Crippen MR) is 140 cm³/mol. The van der Waals surface area contributed by atoms with Gasteiger partial charge in [0.2, 0.25) is 0 Å². The van der Waals surface area contributed by atoms with Gasteiger partial charge in [-0.2, -0.15) is 0 Å². The molecule has 0 N–H and O–H groups in total. The molecule has 0 amide bonds. The standard InChI is InChI=1S/C28H48N2O4/c1-5-7-9-19-29(3)21-11-13-23-33-27(31)25-15-17-26(18-16-25)28(32)34-24-14-12-22-30(4)20-10-8-6-2/h15-18H,5-14,19-24H2,1-4H3. The molecule has 0 spiro atoms. The van der Waals surface area contributed by atoms with Gasteiger partial charge in [0.05, 0.1) is 24.3 Å². The van der Waals surface area contributed by atoms with Crippen molar-refractivity contribution in [3.63, 3.8) is 0 Å². The SMILES string of the molecule is CCCCCN(C)CCCCOC(=O)c1ccc(C(=O)OCCCCN(C)CCCCC)cc1. The zero-order valence-electron chi connectivity index (χ0n) is 22.2. The summed E-state index contributed by atoms with van der Waals surface area (Å²) in [7, 11) is 4.28. The van der Waals surface area contributed by atoms with Crippen LogP contribution in [0.1, 0.15) is 98.8 Å². The van der Waals surface area contributed by atoms with Gasteiger partial charge in [-0.1, -0.05) is 39.5 Å². The van der Waals surface area contributed by atoms with Gasteiger partial charge in [-0.3, -0.25) is 0 Å². The third-order valence-corrected chi connectivity index (χ3v) is 5.98. The van der Waals surface area contributed by atoms with Crippen LogP contribution in [-0.2, 0) is 9.47 Å². The van der Waals surface area contributed by atoms with E-state index in [2.05, 4.69) is 37.7 Å². The molecule has 1 aromatic rings. The van der Waals surface area contributed by atoms with E-state index in [1.54, 1.807) is 24.3 Å². The molecular formula is C28H48N2O4. The molecule has 0 saturated heterocycles. The summed E-state index contributed by atoms with van der Waals surface area (Å²) in [4.78, 5) is 29.1. The molecule has 0 atom stereocenters. The second-order valence-corrected chi connectivity index (χ2v) is 9.28. The van der Waals surface area contributed by atoms with E-state index in [1.165, 1.54) is 38.5 Å². The summed E-state index contributed by atoms with van der Waals surface area (Å²) in [6.07, 6.45) is 11.2. The van der Waals surface area contributed by atoms with E-state index in [0.29, 0.717) is 24.3 Å². The highest BCUT2D eigenvalue weighted by atomic mass is 16.5. The summed E-state index contributed by atoms with van der Waals surface area (Å²) >= 11 is 0. The van der Waals surface area contributed by atoms with Crippen molar-refractivity contribution in [2.45, 2.75) is 78.1 Å². The minimum Gasteiger partial charge on any atom is -0.462 e. The lowest BCUT2D eigenvalue weighted by atomic mass is 10.1. The molecule has 34 heavy (non-hydrogen) atoms. The third kappa shape index (κ3) is 14.4. The topological polar surface area (TPSA) is 59.1 Å². The maximum absolute atomic E-state index is 12.2. The molecule has 0 aliphatic carbocycles. The summed E-state index contributed by atoms with van der Waals surface area (Å²) in [5.41, 5.74) is 0.915. The average Bonchev–Trinajstić information content (AvgIpc) is 2.83. The summed E-state index contributed by atoms with van der Waals surface area (Å²) in [6, 6.07) is 6.52. The molecule has 6 nitrogen and oxygen atoms in total. The van der Waals surface area contributed by atoms with E-state index in [0.717, 1.165) is 51.9 Å². The molecule has 0 heterocycles. The smallest absolute Gasteiger partial charge is 0.338 e. The number of hydrogen-bond donors (Lipinski definition) is 0. The Bertz CT molecular complexity index is 606. The second-order valence-electron chi connectivity index (χ2n) is 9.28. The molecule has 0 aliphatic rings. The maximum Gasteiger partial charge on any atom is 0.338 e. The van der Waals surface area contributed by atoms with E-state index in [-0.39, 0.29) is 11.9 Å². The van der Waals surface area contributed by atoms with Crippen LogP contribution in [-0.4, -0.2) is 75.2 Å². The summed E-state index contributed by atoms with van der Waals surface area (Å²) in [5, 5.41) is 0. The molecule has 0 bridgehead atoms. The van der Waals surface area contributed by atoms with Crippen molar-refractivity contribution in [1.82, 2.24) is 9.80 Å². The first-order valence-corrected chi connectivity index (χ1v) is 13.3. The molecule has 0 radical (unpaired) electrons. The van der Waals surface area contributed by atoms with Crippen molar-refractivity contribution in [2.24, 2.45) is 0 Å². The minimum atomic E-state index is -0.348. The van der Waals surface area contributed by atoms with Gasteiger partial charge in [-0.15, -0.1) is 0 Å². The van der Waals surface area contributed by atoms with E-state index < -0.39 is 0 Å². The average molecular weight is 477 g/mol. The Labute approximate surface area is 208 Å². The second kappa shape index (κ2) is 19.4. The first-order chi connectivity index (χ1) is 16.5. The van der Waals surface area contributed by atoms with Crippen LogP contribution in [0.25, 0.3) is 0 Å². The molecule has 1 aromatic carbocycles. The molecule has 194 valence electrons. The Morgan fingerprint density at radius 2 is 0.912 bits per heavy atom. The normalized spacial score (nSPS) is 11.2. The maximum atomic E-state index is 12.2. The molecule has 0 aromatic heterocycles. The number of benzene rings is 1. The number of carbonyl (C=O) groups excluding carboxylic acids is 2. The van der Waals surface area contributed by atoms with Crippen LogP contribution in [0.5, 0.6) is 0 Å². The van der Waals surface area contributed by atoms with Crippen molar-refractivity contribution >= 4 is 11.9 Å². The number of carbonyl (C=O) groups is 2. The zero-order valence-corrected chi connectivity index (χ0v) is 22.2. The zero-order chi connectivity index (χ0) is 25.0. The highest BCUT2D eigenvalue weighted by Gasteiger charge is 2.11. The van der Waals surface area contributed by atoms with Crippen LogP contribution >= 0.6 is 0 Å². The monoisotopic (exact) mass is 476 g/mol. The van der Waals surface area contributed by atoms with Crippen molar-refractivity contribution in [2.75, 3.05) is 53.5 Å². The Balaban J connectivity index is 2.18. The van der Waals surface area contributed by atoms with E-state index >= 15 is 0 Å². The Kier molecular flexibility index (Phi) is 17.2. The van der Waals surface area contributed by atoms with Gasteiger partial charge in [-0.25, -0.2) is 9.59 Å². The number of hydrogen-bond acceptors (Lipinski definition) is 6. The van der Waals surface area contributed by atoms with Crippen LogP contribution in [0.3, 0.4) is 0 Å². The van der Waals surface area contributed by atoms with Gasteiger partial charge in [-0.05, 0) is 103 Å². The van der Waals surface area contributed by atoms with Crippen LogP contribution < -0.4 is 0 Å². The summed E-state index contributed by atoms with van der Waals surface area (Å²) < 4.78 is 10.7. The Morgan fingerprint density at radius 3 is 1.24 bits per heavy atom. The van der Waals surface area contributed by atoms with Crippen molar-refractivity contribution in [3.8, 4) is 0 Å². The first-order valence-electron chi connectivity index (χ1n) is 13.3. The van der Waals surface area contributed by atoms with Crippen LogP contribution in [0.2, 0.25) is 0 Å². The largest absolute Gasteiger partial charge is 0.462 e. The lowest BCUT2D eigenvalue weighted by Crippen LogP contribution is -2.21. The fraction of sp³-hybridized carbons (Fsp3) is 0.714. The Morgan fingerprint density at radius 1 is 0.588 bits per heavy atom. The highest BCUT2D eigenvalue weighted by Crippen LogP contribution is 2.09. The van der Waals surface area contributed by atoms with Crippen LogP contribution in [0.15, 0.2) is 24.3 Å². The van der Waals surface area contributed by atoms with Gasteiger partial charge in [0.1, 0.15) is 0 Å². The highest BCUT2D eigenvalue weighted by molar-refractivity contribution is 5.93. The van der Waals surface area contributed by atoms with Gasteiger partial charge in [0.15, 0.2) is 0 Å². The fourth-order valence-electron chi connectivity index (χ4n) is 3.69. The van der Waals surface area contributed by atoms with Crippen molar-refractivity contribution < 1.29 is 19.1 Å². The first kappa shape index (κ1) is 30.1. The fourth-order valence-corrected chi connectivity index (χ4v) is 3.69.